The van der Waals surface area contributed by atoms with Crippen molar-refractivity contribution in [3.63, 3.8) is 0 Å². The lowest BCUT2D eigenvalue weighted by molar-refractivity contribution is -0.141. The third-order valence-electron chi connectivity index (χ3n) is 2.29. The second-order valence-electron chi connectivity index (χ2n) is 3.81. The van der Waals surface area contributed by atoms with E-state index in [4.69, 9.17) is 5.73 Å². The fraction of sp³-hybridized carbons (Fsp3) is 0.417. The van der Waals surface area contributed by atoms with Gasteiger partial charge in [-0.2, -0.15) is 0 Å². The number of benzene rings is 1. The summed E-state index contributed by atoms with van der Waals surface area (Å²) in [7, 11) is 1.37. The molecule has 1 unspecified atom stereocenters. The Kier molecular flexibility index (Phi) is 3.86. The molecule has 0 saturated carbocycles. The van der Waals surface area contributed by atoms with Crippen molar-refractivity contribution in [2.45, 2.75) is 26.3 Å². The molecule has 0 aliphatic carbocycles. The van der Waals surface area contributed by atoms with E-state index in [2.05, 4.69) is 10.8 Å². The molecular weight excluding hydrogens is 190 g/mol. The summed E-state index contributed by atoms with van der Waals surface area (Å²) in [5.41, 5.74) is 9.21. The number of methoxy groups -OCH3 is 1. The van der Waals surface area contributed by atoms with E-state index in [1.807, 2.05) is 26.0 Å². The molecule has 1 aromatic carbocycles. The largest absolute Gasteiger partial charge is 0.469 e. The van der Waals surface area contributed by atoms with Gasteiger partial charge in [-0.15, -0.1) is 0 Å². The Morgan fingerprint density at radius 3 is 2.33 bits per heavy atom. The first-order chi connectivity index (χ1) is 7.02. The minimum Gasteiger partial charge on any atom is -0.469 e. The van der Waals surface area contributed by atoms with Gasteiger partial charge in [-0.1, -0.05) is 29.3 Å². The summed E-state index contributed by atoms with van der Waals surface area (Å²) in [5.74, 6) is -0.276. The summed E-state index contributed by atoms with van der Waals surface area (Å²) in [6, 6.07) is 5.80. The van der Waals surface area contributed by atoms with E-state index < -0.39 is 0 Å². The summed E-state index contributed by atoms with van der Waals surface area (Å²) in [6.07, 6.45) is 0.222. The Morgan fingerprint density at radius 1 is 1.33 bits per heavy atom. The lowest BCUT2D eigenvalue weighted by atomic mass is 10.00. The van der Waals surface area contributed by atoms with Crippen LogP contribution in [0.4, 0.5) is 0 Å². The van der Waals surface area contributed by atoms with Gasteiger partial charge in [0.15, 0.2) is 0 Å². The van der Waals surface area contributed by atoms with Crippen LogP contribution in [0, 0.1) is 13.8 Å². The topological polar surface area (TPSA) is 52.3 Å². The van der Waals surface area contributed by atoms with Crippen LogP contribution in [0.1, 0.15) is 29.2 Å². The number of hydrogen-bond acceptors (Lipinski definition) is 3. The SMILES string of the molecule is COC(=O)CC(N)c1cc(C)cc(C)c1. The Labute approximate surface area is 90.2 Å². The average molecular weight is 207 g/mol. The van der Waals surface area contributed by atoms with Crippen LogP contribution in [-0.4, -0.2) is 13.1 Å². The van der Waals surface area contributed by atoms with Crippen molar-refractivity contribution in [1.29, 1.82) is 0 Å². The molecule has 0 bridgehead atoms. The zero-order valence-corrected chi connectivity index (χ0v) is 9.41. The molecule has 1 aromatic rings. The predicted molar refractivity (Wildman–Crippen MR) is 59.5 cm³/mol. The van der Waals surface area contributed by atoms with Crippen molar-refractivity contribution in [2.75, 3.05) is 7.11 Å². The van der Waals surface area contributed by atoms with Gasteiger partial charge >= 0.3 is 5.97 Å². The molecule has 0 aromatic heterocycles. The molecule has 0 aliphatic heterocycles. The molecule has 0 aliphatic rings. The van der Waals surface area contributed by atoms with Gasteiger partial charge in [0.05, 0.1) is 13.5 Å². The summed E-state index contributed by atoms with van der Waals surface area (Å²) in [5, 5.41) is 0. The van der Waals surface area contributed by atoms with E-state index in [9.17, 15) is 4.79 Å². The standard InChI is InChI=1S/C12H17NO2/c1-8-4-9(2)6-10(5-8)11(13)7-12(14)15-3/h4-6,11H,7,13H2,1-3H3. The van der Waals surface area contributed by atoms with Gasteiger partial charge in [-0.25, -0.2) is 0 Å². The average Bonchev–Trinajstić information content (AvgIpc) is 2.16. The number of carbonyl (C=O) groups excluding carboxylic acids is 1. The van der Waals surface area contributed by atoms with Crippen LogP contribution < -0.4 is 5.73 Å². The molecule has 1 atom stereocenters. The first kappa shape index (κ1) is 11.7. The molecule has 2 N–H and O–H groups in total. The molecule has 0 saturated heterocycles. The summed E-state index contributed by atoms with van der Waals surface area (Å²) < 4.78 is 4.58. The molecule has 82 valence electrons. The quantitative estimate of drug-likeness (QED) is 0.770. The van der Waals surface area contributed by atoms with Gasteiger partial charge in [0.2, 0.25) is 0 Å². The monoisotopic (exact) mass is 207 g/mol. The highest BCUT2D eigenvalue weighted by atomic mass is 16.5. The maximum absolute atomic E-state index is 11.1. The van der Waals surface area contributed by atoms with Crippen molar-refractivity contribution in [1.82, 2.24) is 0 Å². The number of nitrogens with two attached hydrogens (primary N) is 1. The van der Waals surface area contributed by atoms with Gasteiger partial charge in [-0.3, -0.25) is 4.79 Å². The third kappa shape index (κ3) is 3.36. The molecule has 0 radical (unpaired) electrons. The Hall–Kier alpha value is -1.35. The molecule has 15 heavy (non-hydrogen) atoms. The van der Waals surface area contributed by atoms with Crippen molar-refractivity contribution in [3.8, 4) is 0 Å². The Bertz CT molecular complexity index is 340. The molecule has 0 heterocycles. The van der Waals surface area contributed by atoms with E-state index in [0.717, 1.165) is 16.7 Å². The third-order valence-corrected chi connectivity index (χ3v) is 2.29. The van der Waals surface area contributed by atoms with Crippen LogP contribution in [0.2, 0.25) is 0 Å². The summed E-state index contributed by atoms with van der Waals surface area (Å²) in [6.45, 7) is 4.03. The molecular formula is C12H17NO2. The first-order valence-electron chi connectivity index (χ1n) is 4.93. The maximum atomic E-state index is 11.1. The minimum absolute atomic E-state index is 0.222. The van der Waals surface area contributed by atoms with Crippen LogP contribution in [0.3, 0.4) is 0 Å². The minimum atomic E-state index is -0.281. The van der Waals surface area contributed by atoms with E-state index in [1.165, 1.54) is 7.11 Å². The fourth-order valence-electron chi connectivity index (χ4n) is 1.60. The van der Waals surface area contributed by atoms with Crippen molar-refractivity contribution < 1.29 is 9.53 Å². The predicted octanol–water partition coefficient (Wildman–Crippen LogP) is 1.87. The van der Waals surface area contributed by atoms with E-state index in [1.54, 1.807) is 0 Å². The van der Waals surface area contributed by atoms with E-state index in [0.29, 0.717) is 0 Å². The van der Waals surface area contributed by atoms with Gasteiger partial charge in [0.25, 0.3) is 0 Å². The van der Waals surface area contributed by atoms with Crippen LogP contribution >= 0.6 is 0 Å². The lowest BCUT2D eigenvalue weighted by Gasteiger charge is -2.12. The highest BCUT2D eigenvalue weighted by Crippen LogP contribution is 2.17. The second kappa shape index (κ2) is 4.94. The fourth-order valence-corrected chi connectivity index (χ4v) is 1.60. The van der Waals surface area contributed by atoms with E-state index >= 15 is 0 Å². The number of esters is 1. The van der Waals surface area contributed by atoms with Crippen LogP contribution in [-0.2, 0) is 9.53 Å². The lowest BCUT2D eigenvalue weighted by Crippen LogP contribution is -2.16. The highest BCUT2D eigenvalue weighted by Gasteiger charge is 2.12. The van der Waals surface area contributed by atoms with Gasteiger partial charge in [0, 0.05) is 6.04 Å². The van der Waals surface area contributed by atoms with Crippen molar-refractivity contribution >= 4 is 5.97 Å². The second-order valence-corrected chi connectivity index (χ2v) is 3.81. The van der Waals surface area contributed by atoms with Crippen molar-refractivity contribution in [2.24, 2.45) is 5.73 Å². The number of ether oxygens (including phenoxy) is 1. The molecule has 0 fully saturated rings. The smallest absolute Gasteiger partial charge is 0.307 e. The number of carbonyl (C=O) groups is 1. The van der Waals surface area contributed by atoms with Crippen molar-refractivity contribution in [3.05, 3.63) is 34.9 Å². The maximum Gasteiger partial charge on any atom is 0.307 e. The first-order valence-corrected chi connectivity index (χ1v) is 4.93. The summed E-state index contributed by atoms with van der Waals surface area (Å²) >= 11 is 0. The van der Waals surface area contributed by atoms with Crippen LogP contribution in [0.5, 0.6) is 0 Å². The Balaban J connectivity index is 2.81. The molecule has 1 rings (SSSR count). The zero-order chi connectivity index (χ0) is 11.4. The van der Waals surface area contributed by atoms with Gasteiger partial charge in [0.1, 0.15) is 0 Å². The Morgan fingerprint density at radius 2 is 1.87 bits per heavy atom. The van der Waals surface area contributed by atoms with Crippen LogP contribution in [0.25, 0.3) is 0 Å². The molecule has 3 heteroatoms. The number of aryl methyl sites for hydroxylation is 2. The van der Waals surface area contributed by atoms with Gasteiger partial charge in [-0.05, 0) is 19.4 Å². The highest BCUT2D eigenvalue weighted by molar-refractivity contribution is 5.70. The van der Waals surface area contributed by atoms with E-state index in [-0.39, 0.29) is 18.4 Å². The normalized spacial score (nSPS) is 12.3. The van der Waals surface area contributed by atoms with Gasteiger partial charge < -0.3 is 10.5 Å². The molecule has 0 amide bonds. The number of rotatable bonds is 3. The van der Waals surface area contributed by atoms with Crippen LogP contribution in [0.15, 0.2) is 18.2 Å². The summed E-state index contributed by atoms with van der Waals surface area (Å²) in [4.78, 5) is 11.1. The molecule has 0 spiro atoms. The zero-order valence-electron chi connectivity index (χ0n) is 9.41. The number of hydrogen-bond donors (Lipinski definition) is 1. The molecule has 3 nitrogen and oxygen atoms in total.